The quantitative estimate of drug-likeness (QED) is 0.163. The van der Waals surface area contributed by atoms with Gasteiger partial charge in [0.25, 0.3) is 11.4 Å². The lowest BCUT2D eigenvalue weighted by molar-refractivity contribution is -1.29. The molecule has 6 rings (SSSR count). The minimum absolute atomic E-state index is 0.0784. The Kier molecular flexibility index (Phi) is 6.27. The second kappa shape index (κ2) is 9.78. The fourth-order valence-corrected chi connectivity index (χ4v) is 5.64. The van der Waals surface area contributed by atoms with Gasteiger partial charge in [-0.25, -0.2) is 0 Å². The van der Waals surface area contributed by atoms with Gasteiger partial charge in [-0.15, -0.1) is 0 Å². The summed E-state index contributed by atoms with van der Waals surface area (Å²) in [7, 11) is 0. The molecule has 2 heterocycles. The molecule has 192 valence electrons. The molecule has 0 N–H and O–H groups in total. The van der Waals surface area contributed by atoms with Gasteiger partial charge in [-0.1, -0.05) is 75.4 Å². The number of fused-ring (bicyclic) bond motifs is 3. The van der Waals surface area contributed by atoms with Gasteiger partial charge in [0.15, 0.2) is 0 Å². The van der Waals surface area contributed by atoms with Gasteiger partial charge in [0.1, 0.15) is 0 Å². The molecule has 0 saturated heterocycles. The van der Waals surface area contributed by atoms with Gasteiger partial charge in [-0.2, -0.15) is 0 Å². The zero-order chi connectivity index (χ0) is 27.1. The Bertz CT molecular complexity index is 1840. The molecular formula is C37H36N2+2. The average Bonchev–Trinajstić information content (AvgIpc) is 2.97. The Labute approximate surface area is 231 Å². The number of hydrogen-bond acceptors (Lipinski definition) is 0. The minimum Gasteiger partial charge on any atom is -0.0646 e. The number of hydrogen-bond donors (Lipinski definition) is 0. The van der Waals surface area contributed by atoms with E-state index in [1.807, 2.05) is 0 Å². The fraction of sp³-hybridized carbons (Fsp3) is 0.189. The standard InChI is InChI=1S/C37H36N2/c1-6-37(4,5)30-20-22-39(38-21-12-11-17-35(38)31-15-9-7-13-26(31)2)36(25-30)33-24-29-19-18-28-14-8-10-16-32(28)34(29)23-27(33)3/h7-25H,6H2,1-5H3/q+2. The van der Waals surface area contributed by atoms with Gasteiger partial charge in [0.2, 0.25) is 12.4 Å². The summed E-state index contributed by atoms with van der Waals surface area (Å²) in [6.07, 6.45) is 5.49. The SMILES string of the molecule is CCC(C)(C)c1cc[n+](-[n+]2ccccc2-c2ccccc2C)c(-c2cc3ccc4ccccc4c3cc2C)c1. The maximum absolute atomic E-state index is 2.40. The van der Waals surface area contributed by atoms with E-state index in [9.17, 15) is 0 Å². The van der Waals surface area contributed by atoms with Crippen molar-refractivity contribution in [2.45, 2.75) is 46.5 Å². The molecule has 0 radical (unpaired) electrons. The summed E-state index contributed by atoms with van der Waals surface area (Å²) in [4.78, 5) is 0. The highest BCUT2D eigenvalue weighted by molar-refractivity contribution is 6.08. The summed E-state index contributed by atoms with van der Waals surface area (Å²) in [6, 6.07) is 37.7. The lowest BCUT2D eigenvalue weighted by atomic mass is 9.82. The Hall–Kier alpha value is -4.30. The summed E-state index contributed by atoms with van der Waals surface area (Å²) in [5.74, 6) is 0. The molecule has 0 aliphatic carbocycles. The summed E-state index contributed by atoms with van der Waals surface area (Å²) >= 11 is 0. The third-order valence-electron chi connectivity index (χ3n) is 8.46. The molecule has 0 amide bonds. The highest BCUT2D eigenvalue weighted by Crippen LogP contribution is 2.34. The van der Waals surface area contributed by atoms with Crippen LogP contribution >= 0.6 is 0 Å². The molecule has 0 saturated carbocycles. The molecule has 0 fully saturated rings. The summed E-state index contributed by atoms with van der Waals surface area (Å²) in [5.41, 5.74) is 8.79. The lowest BCUT2D eigenvalue weighted by Gasteiger charge is -2.22. The molecular weight excluding hydrogens is 472 g/mol. The van der Waals surface area contributed by atoms with E-state index >= 15 is 0 Å². The average molecular weight is 509 g/mol. The van der Waals surface area contributed by atoms with Crippen molar-refractivity contribution < 1.29 is 9.35 Å². The van der Waals surface area contributed by atoms with Gasteiger partial charge in [0.05, 0.1) is 20.5 Å². The number of benzene rings is 4. The fourth-order valence-electron chi connectivity index (χ4n) is 5.64. The number of aryl methyl sites for hydroxylation is 2. The van der Waals surface area contributed by atoms with Crippen molar-refractivity contribution in [1.82, 2.24) is 0 Å². The van der Waals surface area contributed by atoms with Crippen LogP contribution in [0.25, 0.3) is 44.1 Å². The first kappa shape index (κ1) is 25.0. The Morgan fingerprint density at radius 3 is 2.10 bits per heavy atom. The zero-order valence-electron chi connectivity index (χ0n) is 23.6. The third-order valence-corrected chi connectivity index (χ3v) is 8.46. The van der Waals surface area contributed by atoms with Crippen LogP contribution in [0.15, 0.2) is 116 Å². The third kappa shape index (κ3) is 4.40. The van der Waals surface area contributed by atoms with Crippen molar-refractivity contribution in [2.75, 3.05) is 0 Å². The van der Waals surface area contributed by atoms with Crippen LogP contribution in [0.5, 0.6) is 0 Å². The van der Waals surface area contributed by atoms with Crippen LogP contribution in [0.1, 0.15) is 43.9 Å². The molecule has 4 aromatic carbocycles. The normalized spacial score (nSPS) is 11.8. The van der Waals surface area contributed by atoms with Crippen molar-refractivity contribution in [3.8, 4) is 22.5 Å². The molecule has 6 aromatic rings. The van der Waals surface area contributed by atoms with Crippen molar-refractivity contribution in [3.05, 3.63) is 132 Å². The molecule has 39 heavy (non-hydrogen) atoms. The van der Waals surface area contributed by atoms with Gasteiger partial charge in [-0.05, 0) is 88.2 Å². The van der Waals surface area contributed by atoms with Crippen LogP contribution in [-0.2, 0) is 5.41 Å². The van der Waals surface area contributed by atoms with Gasteiger partial charge >= 0.3 is 0 Å². The van der Waals surface area contributed by atoms with Gasteiger partial charge in [0, 0.05) is 24.3 Å². The summed E-state index contributed by atoms with van der Waals surface area (Å²) < 4.78 is 4.59. The van der Waals surface area contributed by atoms with Crippen LogP contribution in [0, 0.1) is 13.8 Å². The largest absolute Gasteiger partial charge is 0.284 e. The molecule has 0 aliphatic rings. The molecule has 2 heteroatoms. The number of nitrogens with zero attached hydrogens (tertiary/aromatic N) is 2. The van der Waals surface area contributed by atoms with E-state index in [1.165, 1.54) is 55.1 Å². The van der Waals surface area contributed by atoms with E-state index in [2.05, 4.69) is 159 Å². The highest BCUT2D eigenvalue weighted by Gasteiger charge is 2.31. The first-order chi connectivity index (χ1) is 18.9. The number of aromatic nitrogens is 2. The van der Waals surface area contributed by atoms with Crippen LogP contribution in [0.4, 0.5) is 0 Å². The predicted molar refractivity (Wildman–Crippen MR) is 163 cm³/mol. The van der Waals surface area contributed by atoms with Crippen molar-refractivity contribution >= 4 is 21.5 Å². The second-order valence-electron chi connectivity index (χ2n) is 11.3. The van der Waals surface area contributed by atoms with Gasteiger partial charge in [-0.3, -0.25) is 0 Å². The van der Waals surface area contributed by atoms with E-state index in [-0.39, 0.29) is 5.41 Å². The first-order valence-electron chi connectivity index (χ1n) is 13.9. The Balaban J connectivity index is 1.65. The molecule has 0 spiro atoms. The summed E-state index contributed by atoms with van der Waals surface area (Å²) in [5, 5.41) is 5.15. The highest BCUT2D eigenvalue weighted by atomic mass is 15.4. The molecule has 2 nitrogen and oxygen atoms in total. The minimum atomic E-state index is 0.0784. The predicted octanol–water partition coefficient (Wildman–Crippen LogP) is 8.52. The summed E-state index contributed by atoms with van der Waals surface area (Å²) in [6.45, 7) is 11.4. The van der Waals surface area contributed by atoms with Crippen LogP contribution in [-0.4, -0.2) is 0 Å². The Morgan fingerprint density at radius 2 is 1.28 bits per heavy atom. The van der Waals surface area contributed by atoms with Crippen LogP contribution < -0.4 is 9.35 Å². The van der Waals surface area contributed by atoms with Crippen molar-refractivity contribution in [2.24, 2.45) is 0 Å². The van der Waals surface area contributed by atoms with E-state index < -0.39 is 0 Å². The van der Waals surface area contributed by atoms with E-state index in [0.29, 0.717) is 0 Å². The van der Waals surface area contributed by atoms with Crippen LogP contribution in [0.3, 0.4) is 0 Å². The van der Waals surface area contributed by atoms with E-state index in [0.717, 1.165) is 12.1 Å². The van der Waals surface area contributed by atoms with Gasteiger partial charge < -0.3 is 0 Å². The smallest absolute Gasteiger partial charge is 0.0646 e. The van der Waals surface area contributed by atoms with E-state index in [4.69, 9.17) is 0 Å². The second-order valence-corrected chi connectivity index (χ2v) is 11.3. The number of rotatable bonds is 5. The molecule has 0 atom stereocenters. The molecule has 0 bridgehead atoms. The van der Waals surface area contributed by atoms with Crippen molar-refractivity contribution in [3.63, 3.8) is 0 Å². The molecule has 2 aromatic heterocycles. The Morgan fingerprint density at radius 1 is 0.564 bits per heavy atom. The topological polar surface area (TPSA) is 7.76 Å². The maximum Gasteiger partial charge on any atom is 0.284 e. The van der Waals surface area contributed by atoms with E-state index in [1.54, 1.807) is 0 Å². The lowest BCUT2D eigenvalue weighted by Crippen LogP contribution is -2.68. The monoisotopic (exact) mass is 508 g/mol. The number of pyridine rings is 2. The van der Waals surface area contributed by atoms with Crippen LogP contribution in [0.2, 0.25) is 0 Å². The molecule has 0 aliphatic heterocycles. The maximum atomic E-state index is 2.40. The van der Waals surface area contributed by atoms with Crippen molar-refractivity contribution in [1.29, 1.82) is 0 Å². The zero-order valence-corrected chi connectivity index (χ0v) is 23.6. The first-order valence-corrected chi connectivity index (χ1v) is 13.9. The molecule has 0 unspecified atom stereocenters.